The van der Waals surface area contributed by atoms with Gasteiger partial charge in [-0.05, 0) is 63.4 Å². The molecule has 0 aliphatic heterocycles. The number of aryl methyl sites for hydroxylation is 3. The highest BCUT2D eigenvalue weighted by Gasteiger charge is 2.18. The third-order valence-corrected chi connectivity index (χ3v) is 5.92. The van der Waals surface area contributed by atoms with E-state index >= 15 is 0 Å². The number of ketones is 1. The van der Waals surface area contributed by atoms with Crippen LogP contribution in [-0.4, -0.2) is 43.4 Å². The average Bonchev–Trinajstić information content (AvgIpc) is 3.32. The van der Waals surface area contributed by atoms with Gasteiger partial charge in [-0.1, -0.05) is 6.07 Å². The first-order valence-electron chi connectivity index (χ1n) is 11.0. The zero-order valence-corrected chi connectivity index (χ0v) is 19.8. The van der Waals surface area contributed by atoms with Gasteiger partial charge in [0.2, 0.25) is 0 Å². The summed E-state index contributed by atoms with van der Waals surface area (Å²) in [6.07, 6.45) is 3.82. The number of carbonyl (C=O) groups excluding carboxylic acids is 1. The summed E-state index contributed by atoms with van der Waals surface area (Å²) in [6, 6.07) is 7.96. The van der Waals surface area contributed by atoms with E-state index in [4.69, 9.17) is 4.74 Å². The van der Waals surface area contributed by atoms with Gasteiger partial charge in [-0.3, -0.25) is 14.2 Å². The normalized spacial score (nSPS) is 11.4. The maximum absolute atomic E-state index is 13.1. The molecule has 0 amide bonds. The lowest BCUT2D eigenvalue weighted by atomic mass is 10.1. The van der Waals surface area contributed by atoms with Crippen LogP contribution in [0.25, 0.3) is 16.7 Å². The van der Waals surface area contributed by atoms with Crippen molar-refractivity contribution in [2.24, 2.45) is 0 Å². The molecule has 4 aromatic rings. The molecule has 0 aliphatic rings. The Bertz CT molecular complexity index is 1370. The molecule has 0 bridgehead atoms. The zero-order chi connectivity index (χ0) is 23.7. The van der Waals surface area contributed by atoms with E-state index in [1.54, 1.807) is 11.8 Å². The van der Waals surface area contributed by atoms with Gasteiger partial charge in [-0.15, -0.1) is 0 Å². The van der Waals surface area contributed by atoms with E-state index < -0.39 is 0 Å². The number of hydrogen-bond donors (Lipinski definition) is 0. The van der Waals surface area contributed by atoms with Crippen molar-refractivity contribution in [1.82, 2.24) is 23.9 Å². The van der Waals surface area contributed by atoms with Crippen LogP contribution in [0.4, 0.5) is 0 Å². The number of ether oxygens (including phenoxy) is 1. The highest BCUT2D eigenvalue weighted by molar-refractivity contribution is 5.97. The molecule has 0 radical (unpaired) electrons. The van der Waals surface area contributed by atoms with Crippen molar-refractivity contribution in [2.75, 3.05) is 13.7 Å². The van der Waals surface area contributed by atoms with Crippen LogP contribution in [-0.2, 0) is 17.8 Å². The lowest BCUT2D eigenvalue weighted by molar-refractivity contribution is 0.0970. The molecule has 0 saturated heterocycles. The molecule has 0 atom stereocenters. The van der Waals surface area contributed by atoms with E-state index in [0.717, 1.165) is 41.2 Å². The maximum Gasteiger partial charge on any atom is 0.264 e. The number of nitrogens with zero attached hydrogens (tertiary/aromatic N) is 5. The fourth-order valence-corrected chi connectivity index (χ4v) is 4.36. The van der Waals surface area contributed by atoms with E-state index in [2.05, 4.69) is 20.7 Å². The number of benzene rings is 1. The van der Waals surface area contributed by atoms with Crippen LogP contribution in [0.3, 0.4) is 0 Å². The minimum atomic E-state index is -0.280. The molecular formula is C25H29N5O3. The third-order valence-electron chi connectivity index (χ3n) is 5.92. The first-order valence-corrected chi connectivity index (χ1v) is 11.0. The minimum Gasteiger partial charge on any atom is -0.385 e. The molecular weight excluding hydrogens is 418 g/mol. The molecule has 1 aromatic carbocycles. The molecule has 0 saturated carbocycles. The summed E-state index contributed by atoms with van der Waals surface area (Å²) < 4.78 is 10.3. The van der Waals surface area contributed by atoms with E-state index in [1.165, 1.54) is 17.1 Å². The molecule has 8 heteroatoms. The number of methoxy groups -OCH3 is 1. The fourth-order valence-electron chi connectivity index (χ4n) is 4.36. The van der Waals surface area contributed by atoms with Crippen molar-refractivity contribution in [2.45, 2.75) is 47.2 Å². The molecule has 33 heavy (non-hydrogen) atoms. The Labute approximate surface area is 192 Å². The van der Waals surface area contributed by atoms with Crippen molar-refractivity contribution in [3.05, 3.63) is 75.2 Å². The summed E-state index contributed by atoms with van der Waals surface area (Å²) in [5.41, 5.74) is 5.80. The van der Waals surface area contributed by atoms with Crippen molar-refractivity contribution < 1.29 is 9.53 Å². The van der Waals surface area contributed by atoms with Crippen molar-refractivity contribution >= 4 is 16.8 Å². The van der Waals surface area contributed by atoms with E-state index in [0.29, 0.717) is 23.2 Å². The number of carbonyl (C=O) groups is 1. The number of aromatic nitrogens is 5. The molecule has 3 heterocycles. The number of hydrogen-bond acceptors (Lipinski definition) is 5. The molecule has 0 fully saturated rings. The Balaban J connectivity index is 1.63. The molecule has 3 aromatic heterocycles. The van der Waals surface area contributed by atoms with E-state index in [9.17, 15) is 9.59 Å². The van der Waals surface area contributed by atoms with Crippen molar-refractivity contribution in [1.29, 1.82) is 0 Å². The lowest BCUT2D eigenvalue weighted by Gasteiger charge is -2.10. The topological polar surface area (TPSA) is 83.9 Å². The predicted molar refractivity (Wildman–Crippen MR) is 127 cm³/mol. The van der Waals surface area contributed by atoms with Gasteiger partial charge in [0.05, 0.1) is 18.4 Å². The lowest BCUT2D eigenvalue weighted by Crippen LogP contribution is -2.25. The highest BCUT2D eigenvalue weighted by Crippen LogP contribution is 2.19. The highest BCUT2D eigenvalue weighted by atomic mass is 16.5. The predicted octanol–water partition coefficient (Wildman–Crippen LogP) is 3.54. The molecule has 8 nitrogen and oxygen atoms in total. The number of rotatable bonds is 8. The van der Waals surface area contributed by atoms with Gasteiger partial charge in [0, 0.05) is 37.2 Å². The van der Waals surface area contributed by atoms with Crippen LogP contribution >= 0.6 is 0 Å². The van der Waals surface area contributed by atoms with Crippen molar-refractivity contribution in [3.8, 4) is 5.69 Å². The monoisotopic (exact) mass is 447 g/mol. The largest absolute Gasteiger partial charge is 0.385 e. The van der Waals surface area contributed by atoms with Crippen LogP contribution in [0.2, 0.25) is 0 Å². The second-order valence-electron chi connectivity index (χ2n) is 8.52. The summed E-state index contributed by atoms with van der Waals surface area (Å²) in [7, 11) is 1.68. The van der Waals surface area contributed by atoms with E-state index in [1.807, 2.05) is 45.9 Å². The second kappa shape index (κ2) is 9.15. The van der Waals surface area contributed by atoms with Crippen molar-refractivity contribution in [3.63, 3.8) is 0 Å². The Kier molecular flexibility index (Phi) is 6.29. The van der Waals surface area contributed by atoms with Gasteiger partial charge >= 0.3 is 0 Å². The van der Waals surface area contributed by atoms with Crippen LogP contribution in [0.5, 0.6) is 0 Å². The SMILES string of the molecule is COCCCn1c(C)cc(C(=O)Cn2cnc3c(cnn3-c3cc(C)cc(C)c3)c2=O)c1C. The minimum absolute atomic E-state index is 0.0706. The van der Waals surface area contributed by atoms with Crippen LogP contribution in [0.15, 0.2) is 41.6 Å². The smallest absolute Gasteiger partial charge is 0.264 e. The maximum atomic E-state index is 13.1. The van der Waals surface area contributed by atoms with Gasteiger partial charge in [-0.25, -0.2) is 9.67 Å². The summed E-state index contributed by atoms with van der Waals surface area (Å²) in [6.45, 7) is 9.33. The Morgan fingerprint density at radius 1 is 1.06 bits per heavy atom. The van der Waals surface area contributed by atoms with Crippen LogP contribution in [0, 0.1) is 27.7 Å². The molecule has 0 unspecified atom stereocenters. The third kappa shape index (κ3) is 4.39. The van der Waals surface area contributed by atoms with E-state index in [-0.39, 0.29) is 17.9 Å². The van der Waals surface area contributed by atoms with Crippen LogP contribution < -0.4 is 5.56 Å². The Morgan fingerprint density at radius 2 is 1.79 bits per heavy atom. The average molecular weight is 448 g/mol. The summed E-state index contributed by atoms with van der Waals surface area (Å²) in [5.74, 6) is -0.119. The van der Waals surface area contributed by atoms with Gasteiger partial charge in [-0.2, -0.15) is 5.10 Å². The molecule has 4 rings (SSSR count). The van der Waals surface area contributed by atoms with Gasteiger partial charge in [0.25, 0.3) is 5.56 Å². The number of fused-ring (bicyclic) bond motifs is 1. The van der Waals surface area contributed by atoms with Gasteiger partial charge in [0.15, 0.2) is 11.4 Å². The Hall–Kier alpha value is -3.52. The zero-order valence-electron chi connectivity index (χ0n) is 19.8. The summed E-state index contributed by atoms with van der Waals surface area (Å²) >= 11 is 0. The molecule has 0 N–H and O–H groups in total. The molecule has 172 valence electrons. The summed E-state index contributed by atoms with van der Waals surface area (Å²) in [4.78, 5) is 30.6. The standard InChI is InChI=1S/C25H29N5O3/c1-16-9-17(2)11-20(10-16)30-24-22(13-27-30)25(32)28(15-26-24)14-23(31)21-12-18(3)29(19(21)4)7-6-8-33-5/h9-13,15H,6-8,14H2,1-5H3. The van der Waals surface area contributed by atoms with Gasteiger partial charge < -0.3 is 9.30 Å². The number of Topliss-reactive ketones (excluding diaryl/α,β-unsaturated/α-hetero) is 1. The first kappa shape index (κ1) is 22.7. The second-order valence-corrected chi connectivity index (χ2v) is 8.52. The fraction of sp³-hybridized carbons (Fsp3) is 0.360. The quantitative estimate of drug-likeness (QED) is 0.305. The summed E-state index contributed by atoms with van der Waals surface area (Å²) in [5, 5.41) is 4.78. The van der Waals surface area contributed by atoms with Gasteiger partial charge in [0.1, 0.15) is 11.7 Å². The molecule has 0 spiro atoms. The van der Waals surface area contributed by atoms with Crippen LogP contribution in [0.1, 0.15) is 39.3 Å². The molecule has 0 aliphatic carbocycles. The Morgan fingerprint density at radius 3 is 2.48 bits per heavy atom. The first-order chi connectivity index (χ1) is 15.8.